The Morgan fingerprint density at radius 2 is 1.90 bits per heavy atom. The Balaban J connectivity index is 1.64. The van der Waals surface area contributed by atoms with Gasteiger partial charge in [-0.2, -0.15) is 5.10 Å². The van der Waals surface area contributed by atoms with E-state index in [0.29, 0.717) is 6.61 Å². The highest BCUT2D eigenvalue weighted by atomic mass is 16.5. The molecule has 1 aromatic carbocycles. The maximum atomic E-state index is 5.71. The zero-order valence-corrected chi connectivity index (χ0v) is 13.0. The van der Waals surface area contributed by atoms with E-state index in [9.17, 15) is 0 Å². The van der Waals surface area contributed by atoms with Gasteiger partial charge in [0.25, 0.3) is 0 Å². The van der Waals surface area contributed by atoms with E-state index >= 15 is 0 Å². The smallest absolute Gasteiger partial charge is 0.119 e. The molecule has 0 aliphatic carbocycles. The van der Waals surface area contributed by atoms with Gasteiger partial charge in [-0.25, -0.2) is 0 Å². The second kappa shape index (κ2) is 7.69. The van der Waals surface area contributed by atoms with Crippen LogP contribution >= 0.6 is 0 Å². The van der Waals surface area contributed by atoms with Crippen LogP contribution in [0.3, 0.4) is 0 Å². The monoisotopic (exact) mass is 289 g/mol. The molecule has 2 aromatic rings. The molecule has 0 fully saturated rings. The summed E-state index contributed by atoms with van der Waals surface area (Å²) < 4.78 is 12.7. The molecule has 0 aliphatic rings. The lowest BCUT2D eigenvalue weighted by molar-refractivity contribution is 0.258. The summed E-state index contributed by atoms with van der Waals surface area (Å²) in [5.74, 6) is 1.73. The molecule has 0 bridgehead atoms. The van der Waals surface area contributed by atoms with Gasteiger partial charge < -0.3 is 14.4 Å². The van der Waals surface area contributed by atoms with Gasteiger partial charge in [0.15, 0.2) is 0 Å². The Labute approximate surface area is 126 Å². The fourth-order valence-corrected chi connectivity index (χ4v) is 2.14. The number of ether oxygens (including phenoxy) is 2. The molecule has 0 saturated heterocycles. The van der Waals surface area contributed by atoms with Crippen LogP contribution in [0, 0.1) is 0 Å². The van der Waals surface area contributed by atoms with Gasteiger partial charge in [-0.3, -0.25) is 4.68 Å². The average Bonchev–Trinajstić information content (AvgIpc) is 2.89. The molecular weight excluding hydrogens is 266 g/mol. The van der Waals surface area contributed by atoms with Crippen LogP contribution in [0.2, 0.25) is 0 Å². The average molecular weight is 289 g/mol. The number of methoxy groups -OCH3 is 1. The molecule has 0 atom stereocenters. The van der Waals surface area contributed by atoms with Crippen LogP contribution in [0.25, 0.3) is 0 Å². The van der Waals surface area contributed by atoms with E-state index in [2.05, 4.69) is 17.0 Å². The summed E-state index contributed by atoms with van der Waals surface area (Å²) in [6.45, 7) is 2.62. The summed E-state index contributed by atoms with van der Waals surface area (Å²) in [6.07, 6.45) is 4.94. The first kappa shape index (κ1) is 15.4. The molecular formula is C16H23N3O2. The lowest BCUT2D eigenvalue weighted by Gasteiger charge is -2.15. The van der Waals surface area contributed by atoms with Crippen LogP contribution < -0.4 is 9.47 Å². The number of benzene rings is 1. The maximum Gasteiger partial charge on any atom is 0.119 e. The zero-order chi connectivity index (χ0) is 15.1. The molecule has 2 rings (SSSR count). The summed E-state index contributed by atoms with van der Waals surface area (Å²) in [5.41, 5.74) is 1.23. The molecule has 114 valence electrons. The zero-order valence-electron chi connectivity index (χ0n) is 13.0. The minimum atomic E-state index is 0.712. The Hall–Kier alpha value is -2.01. The SMILES string of the molecule is COc1ccc(OCCCN(C)Cc2cnn(C)c2)cc1. The molecule has 5 nitrogen and oxygen atoms in total. The van der Waals surface area contributed by atoms with E-state index in [1.165, 1.54) is 5.56 Å². The third-order valence-electron chi connectivity index (χ3n) is 3.22. The molecule has 0 amide bonds. The number of aromatic nitrogens is 2. The summed E-state index contributed by atoms with van der Waals surface area (Å²) in [5, 5.41) is 4.17. The summed E-state index contributed by atoms with van der Waals surface area (Å²) in [7, 11) is 5.71. The van der Waals surface area contributed by atoms with Crippen molar-refractivity contribution in [2.75, 3.05) is 27.3 Å². The lowest BCUT2D eigenvalue weighted by atomic mass is 10.3. The van der Waals surface area contributed by atoms with E-state index in [4.69, 9.17) is 9.47 Å². The number of hydrogen-bond donors (Lipinski definition) is 0. The largest absolute Gasteiger partial charge is 0.497 e. The molecule has 0 unspecified atom stereocenters. The van der Waals surface area contributed by atoms with E-state index in [1.54, 1.807) is 7.11 Å². The van der Waals surface area contributed by atoms with Crippen molar-refractivity contribution < 1.29 is 9.47 Å². The summed E-state index contributed by atoms with van der Waals surface area (Å²) in [6, 6.07) is 7.67. The van der Waals surface area contributed by atoms with Gasteiger partial charge in [0, 0.05) is 31.9 Å². The molecule has 21 heavy (non-hydrogen) atoms. The number of hydrogen-bond acceptors (Lipinski definition) is 4. The first-order valence-corrected chi connectivity index (χ1v) is 7.10. The van der Waals surface area contributed by atoms with Crippen LogP contribution in [0.5, 0.6) is 11.5 Å². The van der Waals surface area contributed by atoms with Crippen LogP contribution in [0.1, 0.15) is 12.0 Å². The molecule has 0 spiro atoms. The molecule has 0 radical (unpaired) electrons. The Bertz CT molecular complexity index is 537. The van der Waals surface area contributed by atoms with Gasteiger partial charge >= 0.3 is 0 Å². The molecule has 0 N–H and O–H groups in total. The quantitative estimate of drug-likeness (QED) is 0.699. The summed E-state index contributed by atoms with van der Waals surface area (Å²) >= 11 is 0. The number of aryl methyl sites for hydroxylation is 1. The molecule has 1 heterocycles. The summed E-state index contributed by atoms with van der Waals surface area (Å²) in [4.78, 5) is 2.27. The van der Waals surface area contributed by atoms with Crippen LogP contribution in [-0.2, 0) is 13.6 Å². The number of nitrogens with zero attached hydrogens (tertiary/aromatic N) is 3. The predicted octanol–water partition coefficient (Wildman–Crippen LogP) is 2.33. The fraction of sp³-hybridized carbons (Fsp3) is 0.438. The van der Waals surface area contributed by atoms with Crippen LogP contribution in [0.15, 0.2) is 36.7 Å². The van der Waals surface area contributed by atoms with Crippen molar-refractivity contribution in [2.45, 2.75) is 13.0 Å². The van der Waals surface area contributed by atoms with Gasteiger partial charge in [-0.1, -0.05) is 0 Å². The van der Waals surface area contributed by atoms with Gasteiger partial charge in [0.2, 0.25) is 0 Å². The highest BCUT2D eigenvalue weighted by molar-refractivity contribution is 5.31. The Kier molecular flexibility index (Phi) is 5.63. The second-order valence-electron chi connectivity index (χ2n) is 5.14. The van der Waals surface area contributed by atoms with Crippen molar-refractivity contribution >= 4 is 0 Å². The molecule has 0 saturated carbocycles. The van der Waals surface area contributed by atoms with Gasteiger partial charge in [0.1, 0.15) is 11.5 Å². The Morgan fingerprint density at radius 3 is 2.52 bits per heavy atom. The van der Waals surface area contributed by atoms with E-state index in [0.717, 1.165) is 31.0 Å². The predicted molar refractivity (Wildman–Crippen MR) is 82.6 cm³/mol. The van der Waals surface area contributed by atoms with Crippen molar-refractivity contribution in [1.82, 2.24) is 14.7 Å². The molecule has 0 aliphatic heterocycles. The Morgan fingerprint density at radius 1 is 1.19 bits per heavy atom. The van der Waals surface area contributed by atoms with Crippen molar-refractivity contribution in [3.8, 4) is 11.5 Å². The van der Waals surface area contributed by atoms with Crippen molar-refractivity contribution in [3.63, 3.8) is 0 Å². The van der Waals surface area contributed by atoms with Gasteiger partial charge in [-0.05, 0) is 37.7 Å². The number of rotatable bonds is 8. The second-order valence-corrected chi connectivity index (χ2v) is 5.14. The van der Waals surface area contributed by atoms with Gasteiger partial charge in [-0.15, -0.1) is 0 Å². The topological polar surface area (TPSA) is 39.5 Å². The minimum absolute atomic E-state index is 0.712. The third-order valence-corrected chi connectivity index (χ3v) is 3.22. The van der Waals surface area contributed by atoms with Gasteiger partial charge in [0.05, 0.1) is 19.9 Å². The maximum absolute atomic E-state index is 5.71. The molecule has 1 aromatic heterocycles. The molecule has 5 heteroatoms. The highest BCUT2D eigenvalue weighted by Gasteiger charge is 2.02. The van der Waals surface area contributed by atoms with E-state index in [-0.39, 0.29) is 0 Å². The lowest BCUT2D eigenvalue weighted by Crippen LogP contribution is -2.20. The van der Waals surface area contributed by atoms with E-state index in [1.807, 2.05) is 48.4 Å². The first-order valence-electron chi connectivity index (χ1n) is 7.10. The van der Waals surface area contributed by atoms with E-state index < -0.39 is 0 Å². The first-order chi connectivity index (χ1) is 10.2. The van der Waals surface area contributed by atoms with Crippen molar-refractivity contribution in [1.29, 1.82) is 0 Å². The minimum Gasteiger partial charge on any atom is -0.497 e. The standard InChI is InChI=1S/C16H23N3O2/c1-18(12-14-11-17-19(2)13-14)9-4-10-21-16-7-5-15(20-3)6-8-16/h5-8,11,13H,4,9-10,12H2,1-3H3. The van der Waals surface area contributed by atoms with Crippen molar-refractivity contribution in [3.05, 3.63) is 42.2 Å². The van der Waals surface area contributed by atoms with Crippen LogP contribution in [0.4, 0.5) is 0 Å². The van der Waals surface area contributed by atoms with Crippen molar-refractivity contribution in [2.24, 2.45) is 7.05 Å². The normalized spacial score (nSPS) is 10.9. The fourth-order valence-electron chi connectivity index (χ4n) is 2.14. The third kappa shape index (κ3) is 5.11. The highest BCUT2D eigenvalue weighted by Crippen LogP contribution is 2.17. The van der Waals surface area contributed by atoms with Crippen LogP contribution in [-0.4, -0.2) is 42.0 Å².